The summed E-state index contributed by atoms with van der Waals surface area (Å²) in [5, 5.41) is 0. The second-order valence-electron chi connectivity index (χ2n) is 2.46. The molecule has 60 valence electrons. The van der Waals surface area contributed by atoms with Gasteiger partial charge in [0.15, 0.2) is 0 Å². The first kappa shape index (κ1) is 9.66. The number of hydrogen-bond donors (Lipinski definition) is 1. The van der Waals surface area contributed by atoms with Gasteiger partial charge in [-0.25, -0.2) is 5.48 Å². The fraction of sp³-hybridized carbons (Fsp3) is 0.750. The minimum absolute atomic E-state index is 0.580. The van der Waals surface area contributed by atoms with Crippen LogP contribution in [0.15, 0.2) is 12.7 Å². The number of rotatable bonds is 6. The van der Waals surface area contributed by atoms with E-state index >= 15 is 0 Å². The molecule has 1 unspecified atom stereocenters. The van der Waals surface area contributed by atoms with Crippen molar-refractivity contribution in [2.45, 2.75) is 20.3 Å². The summed E-state index contributed by atoms with van der Waals surface area (Å²) in [5.74, 6) is 0.685. The van der Waals surface area contributed by atoms with Crippen molar-refractivity contribution in [2.75, 3.05) is 13.2 Å². The Morgan fingerprint density at radius 2 is 2.40 bits per heavy atom. The lowest BCUT2D eigenvalue weighted by molar-refractivity contribution is 0.0537. The van der Waals surface area contributed by atoms with Gasteiger partial charge >= 0.3 is 0 Å². The highest BCUT2D eigenvalue weighted by Crippen LogP contribution is 1.96. The van der Waals surface area contributed by atoms with Gasteiger partial charge in [-0.2, -0.15) is 0 Å². The Morgan fingerprint density at radius 3 is 2.90 bits per heavy atom. The van der Waals surface area contributed by atoms with Crippen LogP contribution in [0.3, 0.4) is 0 Å². The van der Waals surface area contributed by atoms with Gasteiger partial charge in [0.25, 0.3) is 0 Å². The molecule has 0 rings (SSSR count). The molecule has 2 nitrogen and oxygen atoms in total. The summed E-state index contributed by atoms with van der Waals surface area (Å²) < 4.78 is 0. The average molecular weight is 143 g/mol. The van der Waals surface area contributed by atoms with E-state index in [1.165, 1.54) is 6.42 Å². The fourth-order valence-electron chi connectivity index (χ4n) is 0.463. The van der Waals surface area contributed by atoms with E-state index in [2.05, 4.69) is 25.9 Å². The van der Waals surface area contributed by atoms with Crippen molar-refractivity contribution in [1.82, 2.24) is 5.48 Å². The average Bonchev–Trinajstić information content (AvgIpc) is 1.98. The lowest BCUT2D eigenvalue weighted by Crippen LogP contribution is -2.21. The molecule has 0 aromatic rings. The predicted molar refractivity (Wildman–Crippen MR) is 43.6 cm³/mol. The van der Waals surface area contributed by atoms with Crippen molar-refractivity contribution in [1.29, 1.82) is 0 Å². The molecule has 0 amide bonds. The van der Waals surface area contributed by atoms with E-state index < -0.39 is 0 Å². The van der Waals surface area contributed by atoms with Crippen molar-refractivity contribution in [3.63, 3.8) is 0 Å². The molecule has 1 atom stereocenters. The van der Waals surface area contributed by atoms with Gasteiger partial charge in [-0.05, 0) is 5.92 Å². The number of hydrogen-bond acceptors (Lipinski definition) is 2. The fourth-order valence-corrected chi connectivity index (χ4v) is 0.463. The van der Waals surface area contributed by atoms with Crippen LogP contribution in [0, 0.1) is 5.92 Å². The van der Waals surface area contributed by atoms with Crippen LogP contribution >= 0.6 is 0 Å². The second kappa shape index (κ2) is 6.78. The monoisotopic (exact) mass is 143 g/mol. The largest absolute Gasteiger partial charge is 0.298 e. The van der Waals surface area contributed by atoms with E-state index in [-0.39, 0.29) is 0 Å². The minimum atomic E-state index is 0.580. The SMILES string of the molecule is C=CCONCC(C)CC. The molecule has 0 bridgehead atoms. The van der Waals surface area contributed by atoms with Crippen molar-refractivity contribution < 1.29 is 4.84 Å². The molecule has 0 aliphatic carbocycles. The molecule has 0 spiro atoms. The summed E-state index contributed by atoms with van der Waals surface area (Å²) in [5.41, 5.74) is 2.87. The first-order chi connectivity index (χ1) is 4.81. The van der Waals surface area contributed by atoms with E-state index in [9.17, 15) is 0 Å². The topological polar surface area (TPSA) is 21.3 Å². The van der Waals surface area contributed by atoms with Crippen molar-refractivity contribution in [3.8, 4) is 0 Å². The highest BCUT2D eigenvalue weighted by Gasteiger charge is 1.95. The van der Waals surface area contributed by atoms with Gasteiger partial charge in [0, 0.05) is 6.54 Å². The van der Waals surface area contributed by atoms with E-state index in [1.807, 2.05) is 0 Å². The van der Waals surface area contributed by atoms with Gasteiger partial charge in [0.05, 0.1) is 6.61 Å². The zero-order chi connectivity index (χ0) is 7.82. The molecule has 0 fully saturated rings. The van der Waals surface area contributed by atoms with Crippen LogP contribution in [-0.2, 0) is 4.84 Å². The predicted octanol–water partition coefficient (Wildman–Crippen LogP) is 1.74. The number of nitrogens with one attached hydrogen (secondary N) is 1. The van der Waals surface area contributed by atoms with Crippen LogP contribution in [0.25, 0.3) is 0 Å². The van der Waals surface area contributed by atoms with Crippen LogP contribution in [0.1, 0.15) is 20.3 Å². The molecule has 0 saturated carbocycles. The van der Waals surface area contributed by atoms with Crippen LogP contribution in [0.2, 0.25) is 0 Å². The highest BCUT2D eigenvalue weighted by atomic mass is 16.6. The summed E-state index contributed by atoms with van der Waals surface area (Å²) in [7, 11) is 0. The maximum absolute atomic E-state index is 4.99. The second-order valence-corrected chi connectivity index (χ2v) is 2.46. The molecule has 1 N–H and O–H groups in total. The lowest BCUT2D eigenvalue weighted by Gasteiger charge is -2.08. The quantitative estimate of drug-likeness (QED) is 0.347. The molecule has 0 radical (unpaired) electrons. The van der Waals surface area contributed by atoms with Crippen molar-refractivity contribution in [3.05, 3.63) is 12.7 Å². The Bertz CT molecular complexity index is 83.3. The highest BCUT2D eigenvalue weighted by molar-refractivity contribution is 4.63. The van der Waals surface area contributed by atoms with Gasteiger partial charge in [-0.1, -0.05) is 26.3 Å². The molecular formula is C8H17NO. The standard InChI is InChI=1S/C8H17NO/c1-4-6-10-9-7-8(3)5-2/h4,8-9H,1,5-7H2,2-3H3. The molecule has 0 aromatic carbocycles. The Hall–Kier alpha value is -0.340. The number of hydroxylamine groups is 1. The Kier molecular flexibility index (Phi) is 6.55. The molecule has 0 saturated heterocycles. The van der Waals surface area contributed by atoms with Crippen LogP contribution in [-0.4, -0.2) is 13.2 Å². The molecule has 10 heavy (non-hydrogen) atoms. The first-order valence-electron chi connectivity index (χ1n) is 3.76. The molecule has 2 heteroatoms. The zero-order valence-corrected chi connectivity index (χ0v) is 6.89. The third-order valence-electron chi connectivity index (χ3n) is 1.43. The van der Waals surface area contributed by atoms with E-state index in [1.54, 1.807) is 6.08 Å². The lowest BCUT2D eigenvalue weighted by atomic mass is 10.1. The first-order valence-corrected chi connectivity index (χ1v) is 3.76. The molecular weight excluding hydrogens is 126 g/mol. The minimum Gasteiger partial charge on any atom is -0.298 e. The van der Waals surface area contributed by atoms with Gasteiger partial charge in [0.2, 0.25) is 0 Å². The van der Waals surface area contributed by atoms with Crippen LogP contribution in [0.4, 0.5) is 0 Å². The third-order valence-corrected chi connectivity index (χ3v) is 1.43. The molecule has 0 aromatic heterocycles. The summed E-state index contributed by atoms with van der Waals surface area (Å²) in [6.45, 7) is 9.38. The molecule has 0 heterocycles. The van der Waals surface area contributed by atoms with Crippen molar-refractivity contribution in [2.24, 2.45) is 5.92 Å². The van der Waals surface area contributed by atoms with Crippen LogP contribution < -0.4 is 5.48 Å². The molecule has 0 aliphatic heterocycles. The Morgan fingerprint density at radius 1 is 1.70 bits per heavy atom. The smallest absolute Gasteiger partial charge is 0.0861 e. The zero-order valence-electron chi connectivity index (χ0n) is 6.89. The summed E-state index contributed by atoms with van der Waals surface area (Å²) in [6.07, 6.45) is 2.91. The van der Waals surface area contributed by atoms with E-state index in [0.29, 0.717) is 12.5 Å². The van der Waals surface area contributed by atoms with Gasteiger partial charge in [-0.3, -0.25) is 4.84 Å². The van der Waals surface area contributed by atoms with Crippen molar-refractivity contribution >= 4 is 0 Å². The molecule has 0 aliphatic rings. The Balaban J connectivity index is 2.95. The van der Waals surface area contributed by atoms with Crippen LogP contribution in [0.5, 0.6) is 0 Å². The normalized spacial score (nSPS) is 13.0. The third kappa shape index (κ3) is 5.79. The van der Waals surface area contributed by atoms with E-state index in [4.69, 9.17) is 4.84 Å². The summed E-state index contributed by atoms with van der Waals surface area (Å²) in [4.78, 5) is 4.99. The van der Waals surface area contributed by atoms with Gasteiger partial charge in [0.1, 0.15) is 0 Å². The maximum atomic E-state index is 4.99. The summed E-state index contributed by atoms with van der Waals surface area (Å²) >= 11 is 0. The van der Waals surface area contributed by atoms with Gasteiger partial charge in [-0.15, -0.1) is 6.58 Å². The summed E-state index contributed by atoms with van der Waals surface area (Å²) in [6, 6.07) is 0. The Labute approximate surface area is 63.2 Å². The maximum Gasteiger partial charge on any atom is 0.0861 e. The van der Waals surface area contributed by atoms with E-state index in [0.717, 1.165) is 6.54 Å². The van der Waals surface area contributed by atoms with Gasteiger partial charge < -0.3 is 0 Å².